The molecule has 3 aromatic rings. The van der Waals surface area contributed by atoms with Crippen LogP contribution in [0.1, 0.15) is 34.4 Å². The molecule has 1 amide bonds. The number of hydrogen-bond donors (Lipinski definition) is 4. The summed E-state index contributed by atoms with van der Waals surface area (Å²) in [7, 11) is -0.121. The summed E-state index contributed by atoms with van der Waals surface area (Å²) in [5.41, 5.74) is 3.53. The summed E-state index contributed by atoms with van der Waals surface area (Å²) in [4.78, 5) is 13.6. The van der Waals surface area contributed by atoms with Crippen LogP contribution in [-0.4, -0.2) is 56.3 Å². The van der Waals surface area contributed by atoms with E-state index in [0.717, 1.165) is 22.9 Å². The quantitative estimate of drug-likeness (QED) is 0.294. The van der Waals surface area contributed by atoms with Crippen LogP contribution >= 0.6 is 0 Å². The molecule has 192 valence electrons. The van der Waals surface area contributed by atoms with Crippen molar-refractivity contribution in [3.8, 4) is 5.75 Å². The molecule has 0 aliphatic carbocycles. The number of aromatic hydroxyl groups is 1. The van der Waals surface area contributed by atoms with E-state index in [0.29, 0.717) is 18.4 Å². The highest BCUT2D eigenvalue weighted by Crippen LogP contribution is 2.28. The van der Waals surface area contributed by atoms with E-state index in [1.54, 1.807) is 25.1 Å². The van der Waals surface area contributed by atoms with Gasteiger partial charge < -0.3 is 20.4 Å². The van der Waals surface area contributed by atoms with Crippen LogP contribution in [0.25, 0.3) is 0 Å². The standard InChI is InChI=1S/C27H33N3O5S/c1-30(2)27(33)16-20-9-11-21(12-10-20)23(15-19-7-5-4-6-8-19)28-18-26(32)22-13-14-25(31)24(17-22)29-36(3,34)35/h4-14,17,23,26,28-29,31-32H,15-16,18H2,1-3H3/t23?,26-/m0/s1. The van der Waals surface area contributed by atoms with Gasteiger partial charge >= 0.3 is 0 Å². The topological polar surface area (TPSA) is 119 Å². The Bertz CT molecular complexity index is 1260. The molecule has 0 saturated carbocycles. The first kappa shape index (κ1) is 27.2. The van der Waals surface area contributed by atoms with Gasteiger partial charge in [-0.05, 0) is 40.8 Å². The van der Waals surface area contributed by atoms with E-state index in [2.05, 4.69) is 10.0 Å². The fourth-order valence-electron chi connectivity index (χ4n) is 3.77. The first-order valence-corrected chi connectivity index (χ1v) is 13.5. The highest BCUT2D eigenvalue weighted by atomic mass is 32.2. The minimum absolute atomic E-state index is 0.0118. The Labute approximate surface area is 212 Å². The zero-order valence-electron chi connectivity index (χ0n) is 20.7. The molecule has 0 fully saturated rings. The molecule has 0 aliphatic rings. The van der Waals surface area contributed by atoms with Gasteiger partial charge in [0.15, 0.2) is 0 Å². The normalized spacial score (nSPS) is 13.1. The molecule has 36 heavy (non-hydrogen) atoms. The number of carbonyl (C=O) groups excluding carboxylic acids is 1. The van der Waals surface area contributed by atoms with Crippen molar-refractivity contribution >= 4 is 21.6 Å². The maximum absolute atomic E-state index is 12.0. The predicted octanol–water partition coefficient (Wildman–Crippen LogP) is 3.00. The molecule has 3 aromatic carbocycles. The van der Waals surface area contributed by atoms with E-state index in [1.807, 2.05) is 54.6 Å². The van der Waals surface area contributed by atoms with Gasteiger partial charge in [-0.25, -0.2) is 8.42 Å². The predicted molar refractivity (Wildman–Crippen MR) is 141 cm³/mol. The van der Waals surface area contributed by atoms with Crippen molar-refractivity contribution in [2.24, 2.45) is 0 Å². The number of benzene rings is 3. The van der Waals surface area contributed by atoms with Crippen molar-refractivity contribution in [3.63, 3.8) is 0 Å². The van der Waals surface area contributed by atoms with Crippen molar-refractivity contribution < 1.29 is 23.4 Å². The minimum atomic E-state index is -3.59. The Hall–Kier alpha value is -3.40. The third-order valence-electron chi connectivity index (χ3n) is 5.78. The smallest absolute Gasteiger partial charge is 0.229 e. The summed E-state index contributed by atoms with van der Waals surface area (Å²) in [6.45, 7) is 0.196. The number of sulfonamides is 1. The van der Waals surface area contributed by atoms with E-state index in [4.69, 9.17) is 0 Å². The lowest BCUT2D eigenvalue weighted by molar-refractivity contribution is -0.127. The average Bonchev–Trinajstić information content (AvgIpc) is 2.83. The van der Waals surface area contributed by atoms with Gasteiger partial charge in [-0.3, -0.25) is 9.52 Å². The summed E-state index contributed by atoms with van der Waals surface area (Å²) in [6, 6.07) is 22.0. The summed E-state index contributed by atoms with van der Waals surface area (Å²) >= 11 is 0. The van der Waals surface area contributed by atoms with Gasteiger partial charge in [0.2, 0.25) is 15.9 Å². The molecule has 0 radical (unpaired) electrons. The van der Waals surface area contributed by atoms with Crippen LogP contribution in [0.4, 0.5) is 5.69 Å². The van der Waals surface area contributed by atoms with Crippen molar-refractivity contribution in [2.75, 3.05) is 31.6 Å². The second kappa shape index (κ2) is 12.0. The second-order valence-electron chi connectivity index (χ2n) is 9.02. The zero-order valence-corrected chi connectivity index (χ0v) is 21.5. The molecule has 1 unspecified atom stereocenters. The highest BCUT2D eigenvalue weighted by molar-refractivity contribution is 7.92. The van der Waals surface area contributed by atoms with Crippen LogP contribution in [0.15, 0.2) is 72.8 Å². The fraction of sp³-hybridized carbons (Fsp3) is 0.296. The Balaban J connectivity index is 1.77. The molecule has 4 N–H and O–H groups in total. The first-order chi connectivity index (χ1) is 17.0. The van der Waals surface area contributed by atoms with Gasteiger partial charge in [-0.2, -0.15) is 0 Å². The Morgan fingerprint density at radius 1 is 0.944 bits per heavy atom. The monoisotopic (exact) mass is 511 g/mol. The van der Waals surface area contributed by atoms with Crippen LogP contribution in [0.2, 0.25) is 0 Å². The summed E-state index contributed by atoms with van der Waals surface area (Å²) < 4.78 is 25.4. The number of aliphatic hydroxyl groups excluding tert-OH is 1. The van der Waals surface area contributed by atoms with Gasteiger partial charge in [-0.1, -0.05) is 60.7 Å². The van der Waals surface area contributed by atoms with Gasteiger partial charge in [0.05, 0.1) is 24.5 Å². The summed E-state index contributed by atoms with van der Waals surface area (Å²) in [5.74, 6) is -0.192. The number of hydrogen-bond acceptors (Lipinski definition) is 6. The SMILES string of the molecule is CN(C)C(=O)Cc1ccc(C(Cc2ccccc2)NC[C@H](O)c2ccc(O)c(NS(C)(=O)=O)c2)cc1. The van der Waals surface area contributed by atoms with Gasteiger partial charge in [-0.15, -0.1) is 0 Å². The number of likely N-dealkylation sites (N-methyl/N-ethyl adjacent to an activating group) is 1. The number of carbonyl (C=O) groups is 1. The van der Waals surface area contributed by atoms with Crippen molar-refractivity contribution in [2.45, 2.75) is 25.0 Å². The van der Waals surface area contributed by atoms with Crippen molar-refractivity contribution in [3.05, 3.63) is 95.1 Å². The number of nitrogens with one attached hydrogen (secondary N) is 2. The maximum atomic E-state index is 12.0. The number of aliphatic hydroxyl groups is 1. The molecule has 0 saturated heterocycles. The van der Waals surface area contributed by atoms with Crippen LogP contribution in [0.5, 0.6) is 5.75 Å². The van der Waals surface area contributed by atoms with E-state index in [-0.39, 0.29) is 29.9 Å². The number of phenols is 1. The lowest BCUT2D eigenvalue weighted by Gasteiger charge is -2.22. The Morgan fingerprint density at radius 3 is 2.19 bits per heavy atom. The van der Waals surface area contributed by atoms with Crippen molar-refractivity contribution in [1.29, 1.82) is 0 Å². The largest absolute Gasteiger partial charge is 0.506 e. The second-order valence-corrected chi connectivity index (χ2v) is 10.8. The molecule has 9 heteroatoms. The molecule has 3 rings (SSSR count). The average molecular weight is 512 g/mol. The lowest BCUT2D eigenvalue weighted by atomic mass is 9.96. The lowest BCUT2D eigenvalue weighted by Crippen LogP contribution is -2.28. The zero-order chi connectivity index (χ0) is 26.3. The van der Waals surface area contributed by atoms with E-state index >= 15 is 0 Å². The highest BCUT2D eigenvalue weighted by Gasteiger charge is 2.17. The minimum Gasteiger partial charge on any atom is -0.506 e. The number of anilines is 1. The van der Waals surface area contributed by atoms with E-state index in [9.17, 15) is 23.4 Å². The van der Waals surface area contributed by atoms with Gasteiger partial charge in [0.1, 0.15) is 5.75 Å². The third-order valence-corrected chi connectivity index (χ3v) is 6.37. The fourth-order valence-corrected chi connectivity index (χ4v) is 4.34. The number of nitrogens with zero attached hydrogens (tertiary/aromatic N) is 1. The maximum Gasteiger partial charge on any atom is 0.229 e. The van der Waals surface area contributed by atoms with Crippen LogP contribution < -0.4 is 10.0 Å². The van der Waals surface area contributed by atoms with E-state index < -0.39 is 16.1 Å². The summed E-state index contributed by atoms with van der Waals surface area (Å²) in [5, 5.41) is 24.2. The molecule has 0 aliphatic heterocycles. The Morgan fingerprint density at radius 2 is 1.58 bits per heavy atom. The number of phenolic OH excluding ortho intramolecular Hbond substituents is 1. The molecule has 0 spiro atoms. The Kier molecular flexibility index (Phi) is 9.08. The molecule has 2 atom stereocenters. The van der Waals surface area contributed by atoms with Crippen LogP contribution in [0, 0.1) is 0 Å². The van der Waals surface area contributed by atoms with Gasteiger partial charge in [0, 0.05) is 26.7 Å². The molecular formula is C27H33N3O5S. The molecule has 0 bridgehead atoms. The van der Waals surface area contributed by atoms with Gasteiger partial charge in [0.25, 0.3) is 0 Å². The molecule has 0 heterocycles. The molecule has 8 nitrogen and oxygen atoms in total. The van der Waals surface area contributed by atoms with Crippen LogP contribution in [0.3, 0.4) is 0 Å². The third kappa shape index (κ3) is 8.08. The number of amides is 1. The van der Waals surface area contributed by atoms with Crippen LogP contribution in [-0.2, 0) is 27.7 Å². The first-order valence-electron chi connectivity index (χ1n) is 11.6. The molecular weight excluding hydrogens is 478 g/mol. The van der Waals surface area contributed by atoms with E-state index in [1.165, 1.54) is 12.1 Å². The van der Waals surface area contributed by atoms with Crippen molar-refractivity contribution in [1.82, 2.24) is 10.2 Å². The summed E-state index contributed by atoms with van der Waals surface area (Å²) in [6.07, 6.45) is 1.06. The molecule has 0 aromatic heterocycles. The number of rotatable bonds is 11.